The van der Waals surface area contributed by atoms with Gasteiger partial charge in [0.05, 0.1) is 37.4 Å². The Kier molecular flexibility index (Phi) is 7.55. The minimum absolute atomic E-state index is 0.106. The maximum absolute atomic E-state index is 11.9. The first kappa shape index (κ1) is 29.8. The van der Waals surface area contributed by atoms with Crippen molar-refractivity contribution in [3.8, 4) is 0 Å². The van der Waals surface area contributed by atoms with E-state index in [9.17, 15) is 38.9 Å². The Morgan fingerprint density at radius 1 is 0.465 bits per heavy atom. The topological polar surface area (TPSA) is 239 Å². The summed E-state index contributed by atoms with van der Waals surface area (Å²) in [6.45, 7) is 0. The van der Waals surface area contributed by atoms with Gasteiger partial charge in [-0.15, -0.1) is 15.3 Å². The van der Waals surface area contributed by atoms with Crippen molar-refractivity contribution in [2.75, 3.05) is 5.73 Å². The molecule has 0 saturated heterocycles. The quantitative estimate of drug-likeness (QED) is 0.0898. The zero-order valence-corrected chi connectivity index (χ0v) is 23.9. The highest BCUT2D eigenvalue weighted by molar-refractivity contribution is 7.86. The Morgan fingerprint density at radius 3 is 1.47 bits per heavy atom. The summed E-state index contributed by atoms with van der Waals surface area (Å²) < 4.78 is 98.1. The van der Waals surface area contributed by atoms with Crippen LogP contribution >= 0.6 is 0 Å². The SMILES string of the molecule is Nc1ccc(N=Nc2ccc(N=Nc3cccc(S(=O)(=O)O)c3)c3ccc(S(=O)(=O)O)cc23)c2ccc(S(=O)(=O)O)cc12. The molecule has 220 valence electrons. The van der Waals surface area contributed by atoms with Crippen molar-refractivity contribution < 1.29 is 38.9 Å². The molecule has 0 aliphatic rings. The summed E-state index contributed by atoms with van der Waals surface area (Å²) in [6, 6.07) is 18.5. The number of fused-ring (bicyclic) bond motifs is 2. The van der Waals surface area contributed by atoms with E-state index in [1.807, 2.05) is 0 Å². The highest BCUT2D eigenvalue weighted by Crippen LogP contribution is 2.38. The van der Waals surface area contributed by atoms with Crippen molar-refractivity contribution in [1.29, 1.82) is 0 Å². The van der Waals surface area contributed by atoms with Gasteiger partial charge in [0.1, 0.15) is 0 Å². The van der Waals surface area contributed by atoms with Gasteiger partial charge in [0.25, 0.3) is 30.4 Å². The lowest BCUT2D eigenvalue weighted by Gasteiger charge is -2.08. The second-order valence-electron chi connectivity index (χ2n) is 9.02. The van der Waals surface area contributed by atoms with Crippen LogP contribution in [0, 0.1) is 0 Å². The molecule has 43 heavy (non-hydrogen) atoms. The van der Waals surface area contributed by atoms with Gasteiger partial charge >= 0.3 is 0 Å². The molecule has 0 spiro atoms. The van der Waals surface area contributed by atoms with Crippen molar-refractivity contribution in [3.63, 3.8) is 0 Å². The second-order valence-corrected chi connectivity index (χ2v) is 13.3. The van der Waals surface area contributed by atoms with E-state index in [1.165, 1.54) is 66.7 Å². The number of azo groups is 2. The Balaban J connectivity index is 1.62. The number of hydrogen-bond donors (Lipinski definition) is 4. The molecule has 5 aromatic carbocycles. The van der Waals surface area contributed by atoms with Gasteiger partial charge < -0.3 is 5.73 Å². The molecule has 0 atom stereocenters. The molecule has 0 saturated carbocycles. The van der Waals surface area contributed by atoms with Gasteiger partial charge in [-0.3, -0.25) is 13.7 Å². The highest BCUT2D eigenvalue weighted by Gasteiger charge is 2.16. The zero-order chi connectivity index (χ0) is 31.2. The average Bonchev–Trinajstić information content (AvgIpc) is 2.94. The second kappa shape index (κ2) is 10.9. The van der Waals surface area contributed by atoms with E-state index in [-0.39, 0.29) is 43.6 Å². The smallest absolute Gasteiger partial charge is 0.294 e. The molecule has 0 radical (unpaired) electrons. The molecule has 5 rings (SSSR count). The number of anilines is 1. The maximum atomic E-state index is 11.9. The average molecular weight is 642 g/mol. The van der Waals surface area contributed by atoms with Crippen molar-refractivity contribution >= 4 is 80.3 Å². The summed E-state index contributed by atoms with van der Waals surface area (Å²) in [5.74, 6) is 0. The van der Waals surface area contributed by atoms with Crippen LogP contribution in [0.5, 0.6) is 0 Å². The third kappa shape index (κ3) is 6.41. The fraction of sp³-hybridized carbons (Fsp3) is 0. The molecular weight excluding hydrogens is 623 g/mol. The molecule has 0 unspecified atom stereocenters. The molecule has 17 heteroatoms. The van der Waals surface area contributed by atoms with Crippen LogP contribution in [0.1, 0.15) is 0 Å². The van der Waals surface area contributed by atoms with E-state index in [1.54, 1.807) is 0 Å². The van der Waals surface area contributed by atoms with E-state index >= 15 is 0 Å². The van der Waals surface area contributed by atoms with Gasteiger partial charge in [0, 0.05) is 27.2 Å². The molecule has 0 bridgehead atoms. The Bertz CT molecular complexity index is 2340. The molecular formula is C26H19N5O9S3. The summed E-state index contributed by atoms with van der Waals surface area (Å²) in [6.07, 6.45) is 0. The van der Waals surface area contributed by atoms with E-state index < -0.39 is 35.2 Å². The lowest BCUT2D eigenvalue weighted by atomic mass is 10.1. The molecule has 0 fully saturated rings. The van der Waals surface area contributed by atoms with Crippen LogP contribution in [0.2, 0.25) is 0 Å². The maximum Gasteiger partial charge on any atom is 0.294 e. The first-order valence-electron chi connectivity index (χ1n) is 11.9. The number of rotatable bonds is 7. The summed E-state index contributed by atoms with van der Waals surface area (Å²) >= 11 is 0. The first-order chi connectivity index (χ1) is 20.1. The lowest BCUT2D eigenvalue weighted by molar-refractivity contribution is 0.481. The molecule has 0 aliphatic carbocycles. The van der Waals surface area contributed by atoms with Crippen LogP contribution in [0.3, 0.4) is 0 Å². The van der Waals surface area contributed by atoms with Gasteiger partial charge in [-0.2, -0.15) is 30.4 Å². The van der Waals surface area contributed by atoms with Gasteiger partial charge in [-0.25, -0.2) is 0 Å². The van der Waals surface area contributed by atoms with Crippen molar-refractivity contribution in [2.24, 2.45) is 20.5 Å². The molecule has 5 N–H and O–H groups in total. The van der Waals surface area contributed by atoms with E-state index in [4.69, 9.17) is 5.73 Å². The number of nitrogens with two attached hydrogens (primary N) is 1. The van der Waals surface area contributed by atoms with Crippen molar-refractivity contribution in [2.45, 2.75) is 14.7 Å². The molecule has 14 nitrogen and oxygen atoms in total. The normalized spacial score (nSPS) is 13.0. The van der Waals surface area contributed by atoms with E-state index in [2.05, 4.69) is 20.5 Å². The largest absolute Gasteiger partial charge is 0.398 e. The number of benzene rings is 5. The molecule has 0 amide bonds. The van der Waals surface area contributed by atoms with Gasteiger partial charge in [-0.05, 0) is 66.7 Å². The molecule has 0 aliphatic heterocycles. The van der Waals surface area contributed by atoms with E-state index in [0.717, 1.165) is 18.2 Å². The predicted molar refractivity (Wildman–Crippen MR) is 157 cm³/mol. The number of hydrogen-bond acceptors (Lipinski definition) is 11. The fourth-order valence-electron chi connectivity index (χ4n) is 4.14. The van der Waals surface area contributed by atoms with Crippen LogP contribution < -0.4 is 5.73 Å². The van der Waals surface area contributed by atoms with Crippen LogP contribution in [0.4, 0.5) is 28.4 Å². The van der Waals surface area contributed by atoms with Gasteiger partial charge in [0.15, 0.2) is 0 Å². The Labute approximate surface area is 244 Å². The Morgan fingerprint density at radius 2 is 0.907 bits per heavy atom. The van der Waals surface area contributed by atoms with Gasteiger partial charge in [-0.1, -0.05) is 18.2 Å². The monoisotopic (exact) mass is 641 g/mol. The van der Waals surface area contributed by atoms with Crippen LogP contribution in [-0.2, 0) is 30.4 Å². The first-order valence-corrected chi connectivity index (χ1v) is 16.2. The molecule has 0 heterocycles. The molecule has 0 aromatic heterocycles. The third-order valence-electron chi connectivity index (χ3n) is 6.19. The van der Waals surface area contributed by atoms with Crippen LogP contribution in [-0.4, -0.2) is 38.9 Å². The Hall–Kier alpha value is -4.65. The van der Waals surface area contributed by atoms with Crippen LogP contribution in [0.25, 0.3) is 21.5 Å². The van der Waals surface area contributed by atoms with Crippen LogP contribution in [0.15, 0.2) is 120 Å². The summed E-state index contributed by atoms with van der Waals surface area (Å²) in [4.78, 5) is -1.17. The van der Waals surface area contributed by atoms with Crippen molar-refractivity contribution in [3.05, 3.63) is 84.9 Å². The minimum atomic E-state index is -4.61. The fourth-order valence-corrected chi connectivity index (χ4v) is 5.67. The predicted octanol–water partition coefficient (Wildman–Crippen LogP) is 6.15. The zero-order valence-electron chi connectivity index (χ0n) is 21.5. The summed E-state index contributed by atoms with van der Waals surface area (Å²) in [5, 5.41) is 17.9. The number of nitrogens with zero attached hydrogens (tertiary/aromatic N) is 4. The lowest BCUT2D eigenvalue weighted by Crippen LogP contribution is -1.98. The third-order valence-corrected chi connectivity index (χ3v) is 8.74. The van der Waals surface area contributed by atoms with Gasteiger partial charge in [0.2, 0.25) is 0 Å². The number of nitrogen functional groups attached to an aromatic ring is 1. The highest BCUT2D eigenvalue weighted by atomic mass is 32.2. The molecule has 5 aromatic rings. The standard InChI is InChI=1S/C26H19N5O9S3/c27-23-8-9-24(19-6-4-17(13-21(19)23)42(35,36)37)30-31-26-11-10-25(20-7-5-18(14-22(20)26)43(38,39)40)29-28-15-2-1-3-16(12-15)41(32,33)34/h1-14H,27H2,(H,32,33,34)(H,35,36,37)(H,38,39,40). The van der Waals surface area contributed by atoms with Crippen molar-refractivity contribution in [1.82, 2.24) is 0 Å². The summed E-state index contributed by atoms with van der Waals surface area (Å²) in [5.41, 5.74) is 6.99. The summed E-state index contributed by atoms with van der Waals surface area (Å²) in [7, 11) is -13.6. The van der Waals surface area contributed by atoms with E-state index in [0.29, 0.717) is 16.2 Å². The minimum Gasteiger partial charge on any atom is -0.398 e.